The molecule has 0 radical (unpaired) electrons. The SMILES string of the molecule is CCOC(=O)C(F)(F)CCC(F)(F)C(F)(F)C(F)(F)C(F)(F)C(F)(F)C(F)(F)F. The quantitative estimate of drug-likeness (QED) is 0.319. The second kappa shape index (κ2) is 7.59. The van der Waals surface area contributed by atoms with Crippen LogP contribution >= 0.6 is 0 Å². The van der Waals surface area contributed by atoms with E-state index in [0.717, 1.165) is 6.92 Å². The van der Waals surface area contributed by atoms with Gasteiger partial charge in [0.2, 0.25) is 0 Å². The lowest BCUT2D eigenvalue weighted by Gasteiger charge is -2.39. The highest BCUT2D eigenvalue weighted by atomic mass is 19.4. The van der Waals surface area contributed by atoms with Crippen molar-refractivity contribution < 1.29 is 75.4 Å². The van der Waals surface area contributed by atoms with Crippen LogP contribution in [0.4, 0.5) is 65.9 Å². The van der Waals surface area contributed by atoms with Crippen LogP contribution in [0.5, 0.6) is 0 Å². The van der Waals surface area contributed by atoms with Gasteiger partial charge in [-0.15, -0.1) is 0 Å². The molecule has 0 rings (SSSR count). The van der Waals surface area contributed by atoms with Gasteiger partial charge >= 0.3 is 47.7 Å². The van der Waals surface area contributed by atoms with E-state index < -0.39 is 67.1 Å². The molecule has 0 aromatic carbocycles. The van der Waals surface area contributed by atoms with Gasteiger partial charge in [-0.25, -0.2) is 4.79 Å². The molecule has 0 aliphatic heterocycles. The number of halogens is 15. The molecule has 29 heavy (non-hydrogen) atoms. The van der Waals surface area contributed by atoms with Crippen molar-refractivity contribution in [2.45, 2.75) is 61.5 Å². The van der Waals surface area contributed by atoms with Gasteiger partial charge in [0.05, 0.1) is 6.61 Å². The molecule has 0 amide bonds. The van der Waals surface area contributed by atoms with Crippen molar-refractivity contribution in [3.63, 3.8) is 0 Å². The van der Waals surface area contributed by atoms with E-state index in [9.17, 15) is 70.7 Å². The first-order valence-corrected chi connectivity index (χ1v) is 6.95. The number of alkyl halides is 15. The summed E-state index contributed by atoms with van der Waals surface area (Å²) in [6.07, 6.45) is -13.5. The molecule has 0 N–H and O–H groups in total. The van der Waals surface area contributed by atoms with Crippen molar-refractivity contribution in [1.29, 1.82) is 0 Å². The Morgan fingerprint density at radius 1 is 0.621 bits per heavy atom. The molecule has 0 heterocycles. The minimum Gasteiger partial charge on any atom is -0.462 e. The summed E-state index contributed by atoms with van der Waals surface area (Å²) >= 11 is 0. The third-order valence-corrected chi connectivity index (χ3v) is 3.33. The Balaban J connectivity index is 5.97. The Labute approximate surface area is 151 Å². The van der Waals surface area contributed by atoms with Gasteiger partial charge in [0.15, 0.2) is 0 Å². The number of hydrogen-bond donors (Lipinski definition) is 0. The molecular formula is C12H9F15O2. The molecule has 0 saturated carbocycles. The largest absolute Gasteiger partial charge is 0.462 e. The van der Waals surface area contributed by atoms with Crippen molar-refractivity contribution in [2.24, 2.45) is 0 Å². The van der Waals surface area contributed by atoms with Crippen LogP contribution in [0.1, 0.15) is 19.8 Å². The molecule has 0 bridgehead atoms. The van der Waals surface area contributed by atoms with Crippen LogP contribution < -0.4 is 0 Å². The van der Waals surface area contributed by atoms with Crippen LogP contribution in [0.25, 0.3) is 0 Å². The Hall–Kier alpha value is -1.58. The predicted molar refractivity (Wildman–Crippen MR) is 61.6 cm³/mol. The summed E-state index contributed by atoms with van der Waals surface area (Å²) in [4.78, 5) is 10.7. The van der Waals surface area contributed by atoms with Crippen molar-refractivity contribution in [3.05, 3.63) is 0 Å². The van der Waals surface area contributed by atoms with E-state index in [1.165, 1.54) is 0 Å². The first kappa shape index (κ1) is 27.4. The van der Waals surface area contributed by atoms with Gasteiger partial charge in [-0.3, -0.25) is 0 Å². The molecule has 0 atom stereocenters. The average Bonchev–Trinajstić information content (AvgIpc) is 2.51. The smallest absolute Gasteiger partial charge is 0.460 e. The maximum atomic E-state index is 13.3. The Bertz CT molecular complexity index is 593. The second-order valence-electron chi connectivity index (χ2n) is 5.42. The van der Waals surface area contributed by atoms with Gasteiger partial charge in [0.25, 0.3) is 0 Å². The molecule has 0 aliphatic carbocycles. The highest BCUT2D eigenvalue weighted by molar-refractivity contribution is 5.77. The topological polar surface area (TPSA) is 26.3 Å². The number of rotatable bonds is 9. The fraction of sp³-hybridized carbons (Fsp3) is 0.917. The van der Waals surface area contributed by atoms with Crippen molar-refractivity contribution >= 4 is 5.97 Å². The third-order valence-electron chi connectivity index (χ3n) is 3.33. The lowest BCUT2D eigenvalue weighted by Crippen LogP contribution is -2.70. The molecule has 2 nitrogen and oxygen atoms in total. The van der Waals surface area contributed by atoms with Crippen LogP contribution in [-0.4, -0.2) is 54.3 Å². The average molecular weight is 470 g/mol. The fourth-order valence-electron chi connectivity index (χ4n) is 1.61. The number of ether oxygens (including phenoxy) is 1. The number of carbonyl (C=O) groups is 1. The Morgan fingerprint density at radius 2 is 1.00 bits per heavy atom. The number of esters is 1. The standard InChI is InChI=1S/C12H9F15O2/c1-2-29-5(28)6(13,14)3-4-7(15,16)8(17,18)9(19,20)10(21,22)11(23,24)12(25,26)27/h2-4H2,1H3. The molecular weight excluding hydrogens is 461 g/mol. The van der Waals surface area contributed by atoms with E-state index in [4.69, 9.17) is 0 Å². The van der Waals surface area contributed by atoms with Crippen molar-refractivity contribution in [1.82, 2.24) is 0 Å². The molecule has 0 spiro atoms. The summed E-state index contributed by atoms with van der Waals surface area (Å²) in [6.45, 7) is 0.151. The fourth-order valence-corrected chi connectivity index (χ4v) is 1.61. The zero-order valence-corrected chi connectivity index (χ0v) is 13.6. The lowest BCUT2D eigenvalue weighted by atomic mass is 9.91. The van der Waals surface area contributed by atoms with Gasteiger partial charge in [-0.1, -0.05) is 0 Å². The maximum Gasteiger partial charge on any atom is 0.460 e. The Morgan fingerprint density at radius 3 is 1.34 bits per heavy atom. The van der Waals surface area contributed by atoms with Crippen LogP contribution in [0.3, 0.4) is 0 Å². The minimum absolute atomic E-state index is 0.780. The van der Waals surface area contributed by atoms with E-state index >= 15 is 0 Å². The minimum atomic E-state index is -8.12. The summed E-state index contributed by atoms with van der Waals surface area (Å²) in [5, 5.41) is 0. The van der Waals surface area contributed by atoms with E-state index in [1.807, 2.05) is 0 Å². The first-order valence-electron chi connectivity index (χ1n) is 6.95. The van der Waals surface area contributed by atoms with E-state index in [1.54, 1.807) is 0 Å². The summed E-state index contributed by atoms with van der Waals surface area (Å²) in [6, 6.07) is 0. The number of hydrogen-bond acceptors (Lipinski definition) is 2. The van der Waals surface area contributed by atoms with Gasteiger partial charge < -0.3 is 4.74 Å². The molecule has 174 valence electrons. The lowest BCUT2D eigenvalue weighted by molar-refractivity contribution is -0.440. The first-order chi connectivity index (χ1) is 12.4. The summed E-state index contributed by atoms with van der Waals surface area (Å²) in [5.41, 5.74) is 0. The summed E-state index contributed by atoms with van der Waals surface area (Å²) in [7, 11) is 0. The summed E-state index contributed by atoms with van der Waals surface area (Å²) < 4.78 is 196. The van der Waals surface area contributed by atoms with Crippen LogP contribution in [0.2, 0.25) is 0 Å². The molecule has 0 unspecified atom stereocenters. The molecule has 0 aliphatic rings. The second-order valence-corrected chi connectivity index (χ2v) is 5.42. The zero-order chi connectivity index (χ0) is 23.9. The molecule has 17 heteroatoms. The van der Waals surface area contributed by atoms with Crippen LogP contribution in [0, 0.1) is 0 Å². The molecule has 0 aromatic heterocycles. The van der Waals surface area contributed by atoms with Gasteiger partial charge in [0, 0.05) is 12.8 Å². The van der Waals surface area contributed by atoms with Crippen molar-refractivity contribution in [3.8, 4) is 0 Å². The highest BCUT2D eigenvalue weighted by Gasteiger charge is 2.90. The molecule has 0 saturated heterocycles. The predicted octanol–water partition coefficient (Wildman–Crippen LogP) is 5.70. The van der Waals surface area contributed by atoms with Crippen LogP contribution in [0.15, 0.2) is 0 Å². The molecule has 0 fully saturated rings. The highest BCUT2D eigenvalue weighted by Crippen LogP contribution is 2.60. The molecule has 0 aromatic rings. The van der Waals surface area contributed by atoms with Gasteiger partial charge in [0.1, 0.15) is 0 Å². The zero-order valence-electron chi connectivity index (χ0n) is 13.6. The normalized spacial score (nSPS) is 15.4. The Kier molecular flexibility index (Phi) is 7.18. The van der Waals surface area contributed by atoms with E-state index in [-0.39, 0.29) is 0 Å². The van der Waals surface area contributed by atoms with E-state index in [0.29, 0.717) is 0 Å². The monoisotopic (exact) mass is 470 g/mol. The van der Waals surface area contributed by atoms with Gasteiger partial charge in [-0.05, 0) is 6.92 Å². The number of carbonyl (C=O) groups excluding carboxylic acids is 1. The third kappa shape index (κ3) is 4.46. The van der Waals surface area contributed by atoms with Crippen LogP contribution in [-0.2, 0) is 9.53 Å². The van der Waals surface area contributed by atoms with Gasteiger partial charge in [-0.2, -0.15) is 65.9 Å². The van der Waals surface area contributed by atoms with Crippen molar-refractivity contribution in [2.75, 3.05) is 6.61 Å². The van der Waals surface area contributed by atoms with E-state index in [2.05, 4.69) is 4.74 Å². The summed E-state index contributed by atoms with van der Waals surface area (Å²) in [5.74, 6) is -46.1. The maximum absolute atomic E-state index is 13.3.